The first-order valence-electron chi connectivity index (χ1n) is 6.76. The lowest BCUT2D eigenvalue weighted by Crippen LogP contribution is -2.44. The predicted octanol–water partition coefficient (Wildman–Crippen LogP) is 1.24. The van der Waals surface area contributed by atoms with E-state index in [0.29, 0.717) is 6.54 Å². The molecule has 2 rings (SSSR count). The maximum Gasteiger partial charge on any atom is 0.213 e. The molecule has 1 unspecified atom stereocenters. The second-order valence-electron chi connectivity index (χ2n) is 5.60. The summed E-state index contributed by atoms with van der Waals surface area (Å²) in [4.78, 5) is 0. The van der Waals surface area contributed by atoms with Gasteiger partial charge < -0.3 is 5.32 Å². The van der Waals surface area contributed by atoms with Gasteiger partial charge in [-0.25, -0.2) is 13.1 Å². The van der Waals surface area contributed by atoms with Gasteiger partial charge in [-0.15, -0.1) is 0 Å². The van der Waals surface area contributed by atoms with Gasteiger partial charge in [0.25, 0.3) is 0 Å². The molecule has 1 saturated carbocycles. The van der Waals surface area contributed by atoms with E-state index in [1.54, 1.807) is 0 Å². The Bertz CT molecular complexity index is 338. The van der Waals surface area contributed by atoms with Crippen LogP contribution in [0.15, 0.2) is 0 Å². The molecule has 4 nitrogen and oxygen atoms in total. The minimum atomic E-state index is -3.10. The van der Waals surface area contributed by atoms with Gasteiger partial charge in [-0.05, 0) is 44.1 Å². The van der Waals surface area contributed by atoms with Crippen molar-refractivity contribution in [2.75, 3.05) is 18.8 Å². The Kier molecular flexibility index (Phi) is 4.10. The Morgan fingerprint density at radius 3 is 2.59 bits per heavy atom. The van der Waals surface area contributed by atoms with Gasteiger partial charge in [0.15, 0.2) is 0 Å². The fourth-order valence-corrected chi connectivity index (χ4v) is 4.28. The van der Waals surface area contributed by atoms with Crippen molar-refractivity contribution < 1.29 is 8.42 Å². The zero-order valence-corrected chi connectivity index (χ0v) is 11.5. The van der Waals surface area contributed by atoms with Gasteiger partial charge in [-0.2, -0.15) is 0 Å². The Morgan fingerprint density at radius 2 is 2.12 bits per heavy atom. The molecule has 100 valence electrons. The van der Waals surface area contributed by atoms with E-state index >= 15 is 0 Å². The summed E-state index contributed by atoms with van der Waals surface area (Å²) >= 11 is 0. The standard InChI is InChI=1S/C12H24N2O2S/c1-2-12(6-4-7-12)10-14-17(15,16)9-11-5-3-8-13-11/h11,13-14H,2-10H2,1H3. The van der Waals surface area contributed by atoms with Crippen LogP contribution in [0.4, 0.5) is 0 Å². The number of sulfonamides is 1. The summed E-state index contributed by atoms with van der Waals surface area (Å²) in [5, 5.41) is 3.23. The molecule has 2 aliphatic rings. The average Bonchev–Trinajstić information content (AvgIpc) is 2.68. The predicted molar refractivity (Wildman–Crippen MR) is 69.4 cm³/mol. The SMILES string of the molecule is CCC1(CNS(=O)(=O)CC2CCCN2)CCC1. The smallest absolute Gasteiger partial charge is 0.213 e. The summed E-state index contributed by atoms with van der Waals surface area (Å²) in [5.74, 6) is 0.243. The average molecular weight is 260 g/mol. The van der Waals surface area contributed by atoms with E-state index in [1.165, 1.54) is 19.3 Å². The Hall–Kier alpha value is -0.130. The van der Waals surface area contributed by atoms with Gasteiger partial charge >= 0.3 is 0 Å². The minimum Gasteiger partial charge on any atom is -0.313 e. The van der Waals surface area contributed by atoms with Crippen molar-refractivity contribution in [2.45, 2.75) is 51.5 Å². The third-order valence-corrected chi connectivity index (χ3v) is 5.84. The van der Waals surface area contributed by atoms with Crippen molar-refractivity contribution in [1.82, 2.24) is 10.0 Å². The molecule has 5 heteroatoms. The number of hydrogen-bond acceptors (Lipinski definition) is 3. The topological polar surface area (TPSA) is 58.2 Å². The van der Waals surface area contributed by atoms with Gasteiger partial charge in [-0.1, -0.05) is 13.3 Å². The fraction of sp³-hybridized carbons (Fsp3) is 1.00. The second-order valence-corrected chi connectivity index (χ2v) is 7.45. The zero-order valence-electron chi connectivity index (χ0n) is 10.7. The van der Waals surface area contributed by atoms with Crippen molar-refractivity contribution in [3.8, 4) is 0 Å². The van der Waals surface area contributed by atoms with E-state index in [4.69, 9.17) is 0 Å². The summed E-state index contributed by atoms with van der Waals surface area (Å²) < 4.78 is 26.7. The largest absolute Gasteiger partial charge is 0.313 e. The summed E-state index contributed by atoms with van der Waals surface area (Å²) in [6, 6.07) is 0.159. The first-order chi connectivity index (χ1) is 8.05. The molecule has 0 radical (unpaired) electrons. The summed E-state index contributed by atoms with van der Waals surface area (Å²) in [5.41, 5.74) is 0.260. The molecular weight excluding hydrogens is 236 g/mol. The van der Waals surface area contributed by atoms with Crippen molar-refractivity contribution >= 4 is 10.0 Å². The highest BCUT2D eigenvalue weighted by molar-refractivity contribution is 7.89. The first kappa shape index (κ1) is 13.3. The Morgan fingerprint density at radius 1 is 1.35 bits per heavy atom. The van der Waals surface area contributed by atoms with Gasteiger partial charge in [0, 0.05) is 12.6 Å². The third kappa shape index (κ3) is 3.42. The maximum atomic E-state index is 11.9. The van der Waals surface area contributed by atoms with E-state index in [9.17, 15) is 8.42 Å². The molecule has 2 N–H and O–H groups in total. The van der Waals surface area contributed by atoms with E-state index in [-0.39, 0.29) is 17.2 Å². The zero-order chi connectivity index (χ0) is 12.4. The van der Waals surface area contributed by atoms with Crippen molar-refractivity contribution in [3.05, 3.63) is 0 Å². The number of rotatable bonds is 6. The van der Waals surface area contributed by atoms with E-state index in [2.05, 4.69) is 17.0 Å². The van der Waals surface area contributed by atoms with Crippen LogP contribution in [0.2, 0.25) is 0 Å². The third-order valence-electron chi connectivity index (χ3n) is 4.41. The van der Waals surface area contributed by atoms with Gasteiger partial charge in [0.1, 0.15) is 0 Å². The summed E-state index contributed by atoms with van der Waals surface area (Å²) in [7, 11) is -3.10. The van der Waals surface area contributed by atoms with Crippen LogP contribution in [0, 0.1) is 5.41 Å². The highest BCUT2D eigenvalue weighted by atomic mass is 32.2. The quantitative estimate of drug-likeness (QED) is 0.755. The maximum absolute atomic E-state index is 11.9. The molecule has 0 aromatic carbocycles. The molecule has 2 fully saturated rings. The first-order valence-corrected chi connectivity index (χ1v) is 8.41. The van der Waals surface area contributed by atoms with Gasteiger partial charge in [0.05, 0.1) is 5.75 Å². The molecule has 1 heterocycles. The molecule has 0 amide bonds. The highest BCUT2D eigenvalue weighted by Crippen LogP contribution is 2.43. The summed E-state index contributed by atoms with van der Waals surface area (Å²) in [6.07, 6.45) is 6.76. The van der Waals surface area contributed by atoms with Crippen molar-refractivity contribution in [1.29, 1.82) is 0 Å². The summed E-state index contributed by atoms with van der Waals surface area (Å²) in [6.45, 7) is 3.75. The lowest BCUT2D eigenvalue weighted by Gasteiger charge is -2.41. The molecule has 0 aromatic heterocycles. The second kappa shape index (κ2) is 5.24. The van der Waals surface area contributed by atoms with Crippen LogP contribution in [-0.4, -0.2) is 33.3 Å². The van der Waals surface area contributed by atoms with Crippen LogP contribution in [0.5, 0.6) is 0 Å². The van der Waals surface area contributed by atoms with Crippen molar-refractivity contribution in [2.24, 2.45) is 5.41 Å². The molecule has 0 aromatic rings. The van der Waals surface area contributed by atoms with Gasteiger partial charge in [0.2, 0.25) is 10.0 Å². The number of hydrogen-bond donors (Lipinski definition) is 2. The van der Waals surface area contributed by atoms with Crippen LogP contribution in [0.1, 0.15) is 45.4 Å². The molecule has 1 aliphatic carbocycles. The molecular formula is C12H24N2O2S. The molecule has 0 bridgehead atoms. The van der Waals surface area contributed by atoms with E-state index < -0.39 is 10.0 Å². The molecule has 17 heavy (non-hydrogen) atoms. The van der Waals surface area contributed by atoms with Crippen LogP contribution >= 0.6 is 0 Å². The van der Waals surface area contributed by atoms with Crippen LogP contribution in [0.3, 0.4) is 0 Å². The monoisotopic (exact) mass is 260 g/mol. The Labute approximate surface area is 105 Å². The Balaban J connectivity index is 1.80. The van der Waals surface area contributed by atoms with E-state index in [1.807, 2.05) is 0 Å². The molecule has 0 spiro atoms. The molecule has 1 saturated heterocycles. The van der Waals surface area contributed by atoms with Gasteiger partial charge in [-0.3, -0.25) is 0 Å². The van der Waals surface area contributed by atoms with Crippen LogP contribution in [0.25, 0.3) is 0 Å². The van der Waals surface area contributed by atoms with Crippen molar-refractivity contribution in [3.63, 3.8) is 0 Å². The highest BCUT2D eigenvalue weighted by Gasteiger charge is 2.36. The molecule has 1 aliphatic heterocycles. The lowest BCUT2D eigenvalue weighted by atomic mass is 9.67. The lowest BCUT2D eigenvalue weighted by molar-refractivity contribution is 0.133. The van der Waals surface area contributed by atoms with Crippen LogP contribution < -0.4 is 10.0 Å². The molecule has 1 atom stereocenters. The van der Waals surface area contributed by atoms with E-state index in [0.717, 1.165) is 25.8 Å². The van der Waals surface area contributed by atoms with Crippen LogP contribution in [-0.2, 0) is 10.0 Å². The normalized spacial score (nSPS) is 27.9. The fourth-order valence-electron chi connectivity index (χ4n) is 2.82. The number of nitrogens with one attached hydrogen (secondary N) is 2. The minimum absolute atomic E-state index is 0.159.